The van der Waals surface area contributed by atoms with Crippen LogP contribution >= 0.6 is 15.9 Å². The molecule has 0 atom stereocenters. The predicted octanol–water partition coefficient (Wildman–Crippen LogP) is 2.17. The molecule has 1 aliphatic rings. The van der Waals surface area contributed by atoms with E-state index in [2.05, 4.69) is 51.5 Å². The highest BCUT2D eigenvalue weighted by Gasteiger charge is 2.25. The smallest absolute Gasteiger partial charge is 0.132 e. The average molecular weight is 244 g/mol. The van der Waals surface area contributed by atoms with Gasteiger partial charge in [-0.05, 0) is 36.8 Å². The first-order valence-corrected chi connectivity index (χ1v) is 5.33. The Morgan fingerprint density at radius 2 is 2.08 bits per heavy atom. The lowest BCUT2D eigenvalue weighted by Gasteiger charge is -2.11. The Labute approximate surface area is 86.8 Å². The second-order valence-corrected chi connectivity index (χ2v) is 4.68. The minimum atomic E-state index is 0.451. The van der Waals surface area contributed by atoms with Crippen molar-refractivity contribution in [3.05, 3.63) is 15.9 Å². The largest absolute Gasteiger partial charge is 0.296 e. The molecule has 13 heavy (non-hydrogen) atoms. The Kier molecular flexibility index (Phi) is 2.20. The minimum absolute atomic E-state index is 0.451. The van der Waals surface area contributed by atoms with Crippen LogP contribution in [0.1, 0.15) is 31.1 Å². The van der Waals surface area contributed by atoms with Gasteiger partial charge in [-0.25, -0.2) is 0 Å². The van der Waals surface area contributed by atoms with Gasteiger partial charge in [-0.2, -0.15) is 5.10 Å². The van der Waals surface area contributed by atoms with E-state index in [1.807, 2.05) is 0 Å². The lowest BCUT2D eigenvalue weighted by Crippen LogP contribution is -2.13. The van der Waals surface area contributed by atoms with E-state index in [0.717, 1.165) is 17.7 Å². The van der Waals surface area contributed by atoms with Crippen molar-refractivity contribution in [1.29, 1.82) is 0 Å². The molecular weight excluding hydrogens is 230 g/mol. The lowest BCUT2D eigenvalue weighted by molar-refractivity contribution is 0.336. The van der Waals surface area contributed by atoms with Gasteiger partial charge in [0.25, 0.3) is 0 Å². The number of hydrogen-bond donors (Lipinski definition) is 0. The topological polar surface area (TPSA) is 21.1 Å². The van der Waals surface area contributed by atoms with Crippen LogP contribution in [0.3, 0.4) is 0 Å². The summed E-state index contributed by atoms with van der Waals surface area (Å²) < 4.78 is 3.13. The van der Waals surface area contributed by atoms with Gasteiger partial charge in [0.15, 0.2) is 0 Å². The van der Waals surface area contributed by atoms with Gasteiger partial charge in [0.1, 0.15) is 4.60 Å². The third-order valence-corrected chi connectivity index (χ3v) is 3.04. The van der Waals surface area contributed by atoms with Crippen LogP contribution in [-0.4, -0.2) is 21.7 Å². The zero-order valence-corrected chi connectivity index (χ0v) is 9.80. The fraction of sp³-hybridized carbons (Fsp3) is 0.667. The number of nitrogens with zero attached hydrogens (tertiary/aromatic N) is 3. The van der Waals surface area contributed by atoms with Crippen molar-refractivity contribution in [2.45, 2.75) is 33.0 Å². The molecule has 1 aromatic heterocycles. The summed E-state index contributed by atoms with van der Waals surface area (Å²) in [5.41, 5.74) is 2.72. The number of rotatable bonds is 1. The summed E-state index contributed by atoms with van der Waals surface area (Å²) in [6, 6.07) is 0.451. The quantitative estimate of drug-likeness (QED) is 0.754. The van der Waals surface area contributed by atoms with Gasteiger partial charge in [0.05, 0.1) is 5.69 Å². The Morgan fingerprint density at radius 3 is 2.69 bits per heavy atom. The van der Waals surface area contributed by atoms with Crippen LogP contribution in [0.15, 0.2) is 4.60 Å². The van der Waals surface area contributed by atoms with E-state index < -0.39 is 0 Å². The molecule has 72 valence electrons. The van der Waals surface area contributed by atoms with E-state index in [0.29, 0.717) is 6.04 Å². The molecule has 1 aliphatic heterocycles. The molecule has 0 saturated heterocycles. The number of halogens is 1. The van der Waals surface area contributed by atoms with Crippen molar-refractivity contribution < 1.29 is 0 Å². The van der Waals surface area contributed by atoms with Crippen LogP contribution < -0.4 is 0 Å². The molecule has 0 saturated carbocycles. The summed E-state index contributed by atoms with van der Waals surface area (Å²) in [6.07, 6.45) is 0. The fourth-order valence-electron chi connectivity index (χ4n) is 1.81. The molecule has 2 heterocycles. The molecule has 0 unspecified atom stereocenters. The van der Waals surface area contributed by atoms with E-state index >= 15 is 0 Å². The maximum absolute atomic E-state index is 4.47. The normalized spacial score (nSPS) is 17.0. The zero-order valence-electron chi connectivity index (χ0n) is 8.21. The highest BCUT2D eigenvalue weighted by molar-refractivity contribution is 9.10. The maximum Gasteiger partial charge on any atom is 0.132 e. The summed E-state index contributed by atoms with van der Waals surface area (Å²) in [5.74, 6) is 0. The second kappa shape index (κ2) is 3.10. The van der Waals surface area contributed by atoms with Gasteiger partial charge in [0.2, 0.25) is 0 Å². The highest BCUT2D eigenvalue weighted by Crippen LogP contribution is 2.29. The van der Waals surface area contributed by atoms with Crippen LogP contribution in [0.25, 0.3) is 0 Å². The minimum Gasteiger partial charge on any atom is -0.296 e. The summed E-state index contributed by atoms with van der Waals surface area (Å²) in [7, 11) is 2.14. The molecule has 3 nitrogen and oxygen atoms in total. The molecule has 0 aromatic carbocycles. The van der Waals surface area contributed by atoms with Crippen molar-refractivity contribution in [3.8, 4) is 0 Å². The number of fused-ring (bicyclic) bond motifs is 1. The van der Waals surface area contributed by atoms with E-state index in [4.69, 9.17) is 0 Å². The SMILES string of the molecule is CC(C)n1nc(Br)c2c1CN(C)C2. The van der Waals surface area contributed by atoms with Crippen LogP contribution in [0, 0.1) is 0 Å². The van der Waals surface area contributed by atoms with Gasteiger partial charge in [-0.1, -0.05) is 0 Å². The molecule has 4 heteroatoms. The van der Waals surface area contributed by atoms with Crippen molar-refractivity contribution in [3.63, 3.8) is 0 Å². The van der Waals surface area contributed by atoms with Crippen LogP contribution in [0.4, 0.5) is 0 Å². The fourth-order valence-corrected chi connectivity index (χ4v) is 2.33. The van der Waals surface area contributed by atoms with Crippen molar-refractivity contribution >= 4 is 15.9 Å². The highest BCUT2D eigenvalue weighted by atomic mass is 79.9. The van der Waals surface area contributed by atoms with E-state index in [-0.39, 0.29) is 0 Å². The maximum atomic E-state index is 4.47. The van der Waals surface area contributed by atoms with Gasteiger partial charge in [0, 0.05) is 24.7 Å². The molecule has 0 amide bonds. The summed E-state index contributed by atoms with van der Waals surface area (Å²) >= 11 is 3.51. The van der Waals surface area contributed by atoms with Gasteiger partial charge < -0.3 is 0 Å². The lowest BCUT2D eigenvalue weighted by atomic mass is 10.3. The first-order valence-electron chi connectivity index (χ1n) is 4.54. The summed E-state index contributed by atoms with van der Waals surface area (Å²) in [5, 5.41) is 4.47. The van der Waals surface area contributed by atoms with Crippen molar-refractivity contribution in [2.24, 2.45) is 0 Å². The van der Waals surface area contributed by atoms with Gasteiger partial charge in [-0.3, -0.25) is 9.58 Å². The standard InChI is InChI=1S/C9H14BrN3/c1-6(2)13-8-5-12(3)4-7(8)9(10)11-13/h6H,4-5H2,1-3H3. The third kappa shape index (κ3) is 1.42. The molecule has 0 spiro atoms. The molecular formula is C9H14BrN3. The van der Waals surface area contributed by atoms with Crippen molar-refractivity contribution in [2.75, 3.05) is 7.05 Å². The molecule has 2 rings (SSSR count). The summed E-state index contributed by atoms with van der Waals surface area (Å²) in [6.45, 7) is 6.37. The Balaban J connectivity index is 2.46. The monoisotopic (exact) mass is 243 g/mol. The molecule has 0 radical (unpaired) electrons. The van der Waals surface area contributed by atoms with Gasteiger partial charge >= 0.3 is 0 Å². The first-order chi connectivity index (χ1) is 6.09. The zero-order chi connectivity index (χ0) is 9.59. The third-order valence-electron chi connectivity index (χ3n) is 2.41. The van der Waals surface area contributed by atoms with Crippen LogP contribution in [0.5, 0.6) is 0 Å². The van der Waals surface area contributed by atoms with Crippen molar-refractivity contribution in [1.82, 2.24) is 14.7 Å². The Morgan fingerprint density at radius 1 is 1.38 bits per heavy atom. The summed E-state index contributed by atoms with van der Waals surface area (Å²) in [4.78, 5) is 2.30. The first kappa shape index (κ1) is 9.21. The van der Waals surface area contributed by atoms with E-state index in [1.54, 1.807) is 0 Å². The molecule has 0 fully saturated rings. The second-order valence-electron chi connectivity index (χ2n) is 3.93. The van der Waals surface area contributed by atoms with E-state index in [1.165, 1.54) is 11.3 Å². The van der Waals surface area contributed by atoms with Gasteiger partial charge in [-0.15, -0.1) is 0 Å². The molecule has 0 bridgehead atoms. The Hall–Kier alpha value is -0.350. The molecule has 0 aliphatic carbocycles. The van der Waals surface area contributed by atoms with E-state index in [9.17, 15) is 0 Å². The molecule has 1 aromatic rings. The van der Waals surface area contributed by atoms with Crippen LogP contribution in [-0.2, 0) is 13.1 Å². The molecule has 0 N–H and O–H groups in total. The van der Waals surface area contributed by atoms with Crippen LogP contribution in [0.2, 0.25) is 0 Å². The number of hydrogen-bond acceptors (Lipinski definition) is 2. The number of aromatic nitrogens is 2. The predicted molar refractivity (Wildman–Crippen MR) is 55.5 cm³/mol. The Bertz CT molecular complexity index is 330. The average Bonchev–Trinajstić information content (AvgIpc) is 2.51.